The van der Waals surface area contributed by atoms with Crippen LogP contribution >= 0.6 is 35.2 Å². The highest BCUT2D eigenvalue weighted by Gasteiger charge is 2.19. The van der Waals surface area contributed by atoms with Gasteiger partial charge in [-0.15, -0.1) is 11.3 Å². The molecule has 1 fully saturated rings. The van der Waals surface area contributed by atoms with Crippen molar-refractivity contribution in [3.8, 4) is 0 Å². The number of hydrogen-bond donors (Lipinski definition) is 1. The van der Waals surface area contributed by atoms with Gasteiger partial charge < -0.3 is 10.2 Å². The molecule has 132 valence electrons. The number of anilines is 1. The van der Waals surface area contributed by atoms with Gasteiger partial charge in [-0.05, 0) is 36.5 Å². The highest BCUT2D eigenvalue weighted by molar-refractivity contribution is 7.80. The average molecular weight is 397 g/mol. The van der Waals surface area contributed by atoms with Crippen molar-refractivity contribution in [3.05, 3.63) is 55.7 Å². The summed E-state index contributed by atoms with van der Waals surface area (Å²) in [5.74, 6) is 0. The van der Waals surface area contributed by atoms with E-state index in [-0.39, 0.29) is 5.69 Å². The van der Waals surface area contributed by atoms with Crippen molar-refractivity contribution in [2.45, 2.75) is 6.54 Å². The van der Waals surface area contributed by atoms with Gasteiger partial charge in [-0.2, -0.15) is 0 Å². The second-order valence-corrected chi connectivity index (χ2v) is 7.89. The predicted molar refractivity (Wildman–Crippen MR) is 105 cm³/mol. The SMILES string of the molecule is O=[N+]([O-])c1ccc(NC(=S)N2CCN(Cc3ccc(Cl)s3)CC2)cc1. The lowest BCUT2D eigenvalue weighted by Crippen LogP contribution is -2.49. The molecule has 0 radical (unpaired) electrons. The number of benzene rings is 1. The summed E-state index contributed by atoms with van der Waals surface area (Å²) in [5, 5.41) is 14.5. The lowest BCUT2D eigenvalue weighted by molar-refractivity contribution is -0.384. The Hall–Kier alpha value is -1.74. The Bertz CT molecular complexity index is 758. The van der Waals surface area contributed by atoms with Crippen molar-refractivity contribution >= 4 is 51.6 Å². The minimum absolute atomic E-state index is 0.0683. The molecule has 0 amide bonds. The molecular formula is C16H17ClN4O2S2. The second-order valence-electron chi connectivity index (χ2n) is 5.70. The fraction of sp³-hybridized carbons (Fsp3) is 0.312. The Kier molecular flexibility index (Phi) is 5.85. The Morgan fingerprint density at radius 3 is 2.44 bits per heavy atom. The standard InChI is InChI=1S/C16H17ClN4O2S2/c17-15-6-5-14(25-15)11-19-7-9-20(10-8-19)16(24)18-12-1-3-13(4-2-12)21(22)23/h1-6H,7-11H2,(H,18,24). The molecule has 0 aliphatic carbocycles. The molecule has 0 spiro atoms. The highest BCUT2D eigenvalue weighted by Crippen LogP contribution is 2.23. The summed E-state index contributed by atoms with van der Waals surface area (Å²) in [6.07, 6.45) is 0. The van der Waals surface area contributed by atoms with E-state index in [1.54, 1.807) is 23.5 Å². The van der Waals surface area contributed by atoms with E-state index >= 15 is 0 Å². The molecule has 1 aliphatic rings. The minimum atomic E-state index is -0.415. The lowest BCUT2D eigenvalue weighted by Gasteiger charge is -2.36. The molecular weight excluding hydrogens is 380 g/mol. The molecule has 0 atom stereocenters. The predicted octanol–water partition coefficient (Wildman–Crippen LogP) is 3.82. The summed E-state index contributed by atoms with van der Waals surface area (Å²) < 4.78 is 0.821. The van der Waals surface area contributed by atoms with Gasteiger partial charge in [0.2, 0.25) is 0 Å². The van der Waals surface area contributed by atoms with E-state index in [4.69, 9.17) is 23.8 Å². The van der Waals surface area contributed by atoms with E-state index in [1.165, 1.54) is 17.0 Å². The van der Waals surface area contributed by atoms with Crippen molar-refractivity contribution in [1.29, 1.82) is 0 Å². The third-order valence-corrected chi connectivity index (χ3v) is 5.57. The topological polar surface area (TPSA) is 61.7 Å². The van der Waals surface area contributed by atoms with Crippen molar-refractivity contribution in [3.63, 3.8) is 0 Å². The third kappa shape index (κ3) is 4.88. The summed E-state index contributed by atoms with van der Waals surface area (Å²) in [5.41, 5.74) is 0.824. The van der Waals surface area contributed by atoms with E-state index < -0.39 is 4.92 Å². The Balaban J connectivity index is 1.48. The maximum atomic E-state index is 10.7. The molecule has 2 heterocycles. The van der Waals surface area contributed by atoms with Crippen LogP contribution in [-0.4, -0.2) is 46.0 Å². The third-order valence-electron chi connectivity index (χ3n) is 4.00. The Morgan fingerprint density at radius 1 is 1.20 bits per heavy atom. The van der Waals surface area contributed by atoms with Crippen LogP contribution in [0.4, 0.5) is 11.4 Å². The van der Waals surface area contributed by atoms with Crippen molar-refractivity contribution in [2.24, 2.45) is 0 Å². The first-order valence-corrected chi connectivity index (χ1v) is 9.38. The van der Waals surface area contributed by atoms with Crippen LogP contribution in [0.3, 0.4) is 0 Å². The molecule has 1 aliphatic heterocycles. The van der Waals surface area contributed by atoms with Gasteiger partial charge in [-0.25, -0.2) is 0 Å². The zero-order chi connectivity index (χ0) is 17.8. The first-order chi connectivity index (χ1) is 12.0. The summed E-state index contributed by atoms with van der Waals surface area (Å²) in [4.78, 5) is 16.0. The summed E-state index contributed by atoms with van der Waals surface area (Å²) in [7, 11) is 0. The van der Waals surface area contributed by atoms with Crippen LogP contribution in [0.2, 0.25) is 4.34 Å². The summed E-state index contributed by atoms with van der Waals surface area (Å²) >= 11 is 13.1. The summed E-state index contributed by atoms with van der Waals surface area (Å²) in [6.45, 7) is 4.46. The maximum Gasteiger partial charge on any atom is 0.269 e. The molecule has 6 nitrogen and oxygen atoms in total. The number of piperazine rings is 1. The van der Waals surface area contributed by atoms with Gasteiger partial charge in [0.15, 0.2) is 5.11 Å². The molecule has 9 heteroatoms. The molecule has 1 aromatic heterocycles. The monoisotopic (exact) mass is 396 g/mol. The van der Waals surface area contributed by atoms with Crippen LogP contribution < -0.4 is 5.32 Å². The van der Waals surface area contributed by atoms with Gasteiger partial charge >= 0.3 is 0 Å². The van der Waals surface area contributed by atoms with Gasteiger partial charge in [0.1, 0.15) is 0 Å². The number of non-ortho nitro benzene ring substituents is 1. The smallest absolute Gasteiger partial charge is 0.269 e. The van der Waals surface area contributed by atoms with Crippen LogP contribution in [0.15, 0.2) is 36.4 Å². The number of nitro benzene ring substituents is 1. The van der Waals surface area contributed by atoms with E-state index in [1.807, 2.05) is 6.07 Å². The Morgan fingerprint density at radius 2 is 1.88 bits per heavy atom. The number of nitro groups is 1. The van der Waals surface area contributed by atoms with E-state index in [0.29, 0.717) is 5.11 Å². The highest BCUT2D eigenvalue weighted by atomic mass is 35.5. The lowest BCUT2D eigenvalue weighted by atomic mass is 10.3. The molecule has 2 aromatic rings. The normalized spacial score (nSPS) is 15.2. The number of nitrogens with one attached hydrogen (secondary N) is 1. The molecule has 3 rings (SSSR count). The summed E-state index contributed by atoms with van der Waals surface area (Å²) in [6, 6.07) is 10.3. The first-order valence-electron chi connectivity index (χ1n) is 7.78. The quantitative estimate of drug-likeness (QED) is 0.481. The van der Waals surface area contributed by atoms with Crippen LogP contribution in [0.1, 0.15) is 4.88 Å². The van der Waals surface area contributed by atoms with Crippen LogP contribution in [-0.2, 0) is 6.54 Å². The fourth-order valence-electron chi connectivity index (χ4n) is 2.64. The Labute approximate surface area is 160 Å². The van der Waals surface area contributed by atoms with Gasteiger partial charge in [-0.3, -0.25) is 15.0 Å². The number of thiophene rings is 1. The minimum Gasteiger partial charge on any atom is -0.346 e. The molecule has 1 saturated heterocycles. The van der Waals surface area contributed by atoms with Gasteiger partial charge in [0.05, 0.1) is 9.26 Å². The van der Waals surface area contributed by atoms with E-state index in [9.17, 15) is 10.1 Å². The van der Waals surface area contributed by atoms with Crippen LogP contribution in [0.25, 0.3) is 0 Å². The molecule has 0 unspecified atom stereocenters. The van der Waals surface area contributed by atoms with Crippen molar-refractivity contribution in [1.82, 2.24) is 9.80 Å². The first kappa shape index (κ1) is 18.1. The van der Waals surface area contributed by atoms with E-state index in [0.717, 1.165) is 42.7 Å². The number of hydrogen-bond acceptors (Lipinski definition) is 5. The van der Waals surface area contributed by atoms with Crippen LogP contribution in [0.5, 0.6) is 0 Å². The molecule has 25 heavy (non-hydrogen) atoms. The van der Waals surface area contributed by atoms with Crippen LogP contribution in [0, 0.1) is 10.1 Å². The molecule has 0 saturated carbocycles. The number of nitrogens with zero attached hydrogens (tertiary/aromatic N) is 3. The van der Waals surface area contributed by atoms with Gasteiger partial charge in [0, 0.05) is 55.4 Å². The fourth-order valence-corrected chi connectivity index (χ4v) is 4.07. The van der Waals surface area contributed by atoms with E-state index in [2.05, 4.69) is 21.2 Å². The zero-order valence-corrected chi connectivity index (χ0v) is 15.7. The average Bonchev–Trinajstić information content (AvgIpc) is 3.01. The number of rotatable bonds is 4. The second kappa shape index (κ2) is 8.09. The molecule has 0 bridgehead atoms. The number of halogens is 1. The van der Waals surface area contributed by atoms with Crippen molar-refractivity contribution in [2.75, 3.05) is 31.5 Å². The number of thiocarbonyl (C=S) groups is 1. The molecule has 1 N–H and O–H groups in total. The maximum absolute atomic E-state index is 10.7. The zero-order valence-electron chi connectivity index (χ0n) is 13.4. The largest absolute Gasteiger partial charge is 0.346 e. The van der Waals surface area contributed by atoms with Crippen molar-refractivity contribution < 1.29 is 4.92 Å². The van der Waals surface area contributed by atoms with Gasteiger partial charge in [0.25, 0.3) is 5.69 Å². The molecule has 1 aromatic carbocycles. The van der Waals surface area contributed by atoms with Gasteiger partial charge in [-0.1, -0.05) is 11.6 Å².